The van der Waals surface area contributed by atoms with E-state index in [1.807, 2.05) is 29.2 Å². The Bertz CT molecular complexity index is 1290. The fourth-order valence-corrected chi connectivity index (χ4v) is 5.06. The summed E-state index contributed by atoms with van der Waals surface area (Å²) in [5.74, 6) is -0.110. The molecule has 0 aliphatic carbocycles. The number of nitrogens with one attached hydrogen (secondary N) is 1. The molecule has 1 amide bonds. The maximum Gasteiger partial charge on any atom is 0.261 e. The Morgan fingerprint density at radius 2 is 1.68 bits per heavy atom. The lowest BCUT2D eigenvalue weighted by atomic mass is 10.1. The standard InChI is InChI=1S/C26H26N4O3S/c27-19-21-10-12-22(13-11-21)20-29-14-5-15-30(17-16-29)26(31)23-6-4-7-24(18-23)28-34(32,33)25-8-2-1-3-9-25/h1-4,6-13,18,28H,5,14-17,20H2. The zero-order valence-corrected chi connectivity index (χ0v) is 19.5. The topological polar surface area (TPSA) is 93.5 Å². The van der Waals surface area contributed by atoms with Gasteiger partial charge in [-0.3, -0.25) is 14.4 Å². The van der Waals surface area contributed by atoms with Crippen molar-refractivity contribution in [3.8, 4) is 6.07 Å². The van der Waals surface area contributed by atoms with Gasteiger partial charge in [0.2, 0.25) is 0 Å². The van der Waals surface area contributed by atoms with Gasteiger partial charge in [0.1, 0.15) is 0 Å². The highest BCUT2D eigenvalue weighted by Crippen LogP contribution is 2.19. The number of benzene rings is 3. The predicted molar refractivity (Wildman–Crippen MR) is 131 cm³/mol. The lowest BCUT2D eigenvalue weighted by molar-refractivity contribution is 0.0761. The summed E-state index contributed by atoms with van der Waals surface area (Å²) < 4.78 is 27.8. The van der Waals surface area contributed by atoms with Crippen LogP contribution >= 0.6 is 0 Å². The molecule has 0 saturated carbocycles. The number of sulfonamides is 1. The van der Waals surface area contributed by atoms with Gasteiger partial charge in [0.15, 0.2) is 0 Å². The first-order chi connectivity index (χ1) is 16.4. The number of hydrogen-bond acceptors (Lipinski definition) is 5. The number of nitriles is 1. The Labute approximate surface area is 200 Å². The van der Waals surface area contributed by atoms with Crippen molar-refractivity contribution in [3.63, 3.8) is 0 Å². The molecule has 3 aromatic carbocycles. The van der Waals surface area contributed by atoms with E-state index in [-0.39, 0.29) is 10.8 Å². The molecule has 8 heteroatoms. The summed E-state index contributed by atoms with van der Waals surface area (Å²) in [6.07, 6.45) is 0.850. The van der Waals surface area contributed by atoms with Crippen LogP contribution in [0.4, 0.5) is 5.69 Å². The van der Waals surface area contributed by atoms with Crippen molar-refractivity contribution in [2.24, 2.45) is 0 Å². The summed E-state index contributed by atoms with van der Waals surface area (Å²) >= 11 is 0. The molecule has 1 aliphatic rings. The summed E-state index contributed by atoms with van der Waals surface area (Å²) in [5, 5.41) is 8.96. The lowest BCUT2D eigenvalue weighted by Crippen LogP contribution is -2.35. The van der Waals surface area contributed by atoms with Gasteiger partial charge in [0.05, 0.1) is 16.5 Å². The molecule has 7 nitrogen and oxygen atoms in total. The zero-order chi connectivity index (χ0) is 24.0. The minimum Gasteiger partial charge on any atom is -0.337 e. The van der Waals surface area contributed by atoms with Gasteiger partial charge in [-0.15, -0.1) is 0 Å². The van der Waals surface area contributed by atoms with E-state index in [4.69, 9.17) is 5.26 Å². The van der Waals surface area contributed by atoms with Crippen LogP contribution in [0.2, 0.25) is 0 Å². The van der Waals surface area contributed by atoms with Crippen LogP contribution in [-0.2, 0) is 16.6 Å². The van der Waals surface area contributed by atoms with E-state index >= 15 is 0 Å². The average Bonchev–Trinajstić information content (AvgIpc) is 3.10. The van der Waals surface area contributed by atoms with Crippen molar-refractivity contribution in [3.05, 3.63) is 95.6 Å². The van der Waals surface area contributed by atoms with Gasteiger partial charge in [0.25, 0.3) is 15.9 Å². The van der Waals surface area contributed by atoms with Crippen LogP contribution in [0.25, 0.3) is 0 Å². The normalized spacial score (nSPS) is 14.7. The van der Waals surface area contributed by atoms with Gasteiger partial charge in [-0.2, -0.15) is 5.26 Å². The molecular formula is C26H26N4O3S. The molecule has 3 aromatic rings. The quantitative estimate of drug-likeness (QED) is 0.588. The van der Waals surface area contributed by atoms with Crippen LogP contribution in [0.5, 0.6) is 0 Å². The summed E-state index contributed by atoms with van der Waals surface area (Å²) in [4.78, 5) is 17.5. The maximum atomic E-state index is 13.2. The molecule has 174 valence electrons. The van der Waals surface area contributed by atoms with Gasteiger partial charge in [-0.25, -0.2) is 8.42 Å². The molecule has 1 aliphatic heterocycles. The van der Waals surface area contributed by atoms with Gasteiger partial charge >= 0.3 is 0 Å². The molecule has 0 radical (unpaired) electrons. The molecule has 1 saturated heterocycles. The second kappa shape index (κ2) is 10.5. The highest BCUT2D eigenvalue weighted by atomic mass is 32.2. The number of carbonyl (C=O) groups excluding carboxylic acids is 1. The minimum atomic E-state index is -3.73. The summed E-state index contributed by atoms with van der Waals surface area (Å²) in [7, 11) is -3.73. The number of hydrogen-bond donors (Lipinski definition) is 1. The zero-order valence-electron chi connectivity index (χ0n) is 18.7. The Hall–Kier alpha value is -3.67. The molecule has 0 spiro atoms. The minimum absolute atomic E-state index is 0.110. The monoisotopic (exact) mass is 474 g/mol. The lowest BCUT2D eigenvalue weighted by Gasteiger charge is -2.22. The van der Waals surface area contributed by atoms with Crippen molar-refractivity contribution in [1.29, 1.82) is 5.26 Å². The highest BCUT2D eigenvalue weighted by molar-refractivity contribution is 7.92. The van der Waals surface area contributed by atoms with Crippen LogP contribution in [0.3, 0.4) is 0 Å². The molecule has 0 atom stereocenters. The van der Waals surface area contributed by atoms with E-state index in [1.54, 1.807) is 42.5 Å². The molecule has 0 unspecified atom stereocenters. The van der Waals surface area contributed by atoms with E-state index in [1.165, 1.54) is 12.1 Å². The summed E-state index contributed by atoms with van der Waals surface area (Å²) in [6.45, 7) is 3.62. The SMILES string of the molecule is N#Cc1ccc(CN2CCCN(C(=O)c3cccc(NS(=O)(=O)c4ccccc4)c3)CC2)cc1. The number of anilines is 1. The molecule has 34 heavy (non-hydrogen) atoms. The Kier molecular flexibility index (Phi) is 7.26. The Balaban J connectivity index is 1.39. The summed E-state index contributed by atoms with van der Waals surface area (Å²) in [6, 6.07) is 24.5. The second-order valence-electron chi connectivity index (χ2n) is 8.23. The van der Waals surface area contributed by atoms with E-state index in [0.717, 1.165) is 31.6 Å². The van der Waals surface area contributed by atoms with Crippen LogP contribution in [-0.4, -0.2) is 50.3 Å². The summed E-state index contributed by atoms with van der Waals surface area (Å²) in [5.41, 5.74) is 2.59. The number of nitrogens with zero attached hydrogens (tertiary/aromatic N) is 3. The first-order valence-corrected chi connectivity index (χ1v) is 12.6. The molecule has 1 N–H and O–H groups in total. The van der Waals surface area contributed by atoms with E-state index in [9.17, 15) is 13.2 Å². The fourth-order valence-electron chi connectivity index (χ4n) is 3.99. The number of rotatable bonds is 6. The Morgan fingerprint density at radius 3 is 2.41 bits per heavy atom. The largest absolute Gasteiger partial charge is 0.337 e. The third kappa shape index (κ3) is 5.81. The van der Waals surface area contributed by atoms with E-state index in [0.29, 0.717) is 29.9 Å². The molecule has 1 fully saturated rings. The van der Waals surface area contributed by atoms with Gasteiger partial charge in [-0.05, 0) is 54.4 Å². The van der Waals surface area contributed by atoms with Crippen molar-refractivity contribution in [1.82, 2.24) is 9.80 Å². The third-order valence-electron chi connectivity index (χ3n) is 5.78. The van der Waals surface area contributed by atoms with E-state index < -0.39 is 10.0 Å². The van der Waals surface area contributed by atoms with Crippen molar-refractivity contribution < 1.29 is 13.2 Å². The van der Waals surface area contributed by atoms with E-state index in [2.05, 4.69) is 15.7 Å². The van der Waals surface area contributed by atoms with Crippen LogP contribution < -0.4 is 4.72 Å². The van der Waals surface area contributed by atoms with Gasteiger partial charge in [-0.1, -0.05) is 36.4 Å². The fraction of sp³-hybridized carbons (Fsp3) is 0.231. The second-order valence-corrected chi connectivity index (χ2v) is 9.91. The first kappa shape index (κ1) is 23.5. The molecular weight excluding hydrogens is 448 g/mol. The van der Waals surface area contributed by atoms with Crippen molar-refractivity contribution in [2.75, 3.05) is 30.9 Å². The molecule has 0 aromatic heterocycles. The first-order valence-electron chi connectivity index (χ1n) is 11.1. The predicted octanol–water partition coefficient (Wildman–Crippen LogP) is 3.71. The molecule has 1 heterocycles. The van der Waals surface area contributed by atoms with Crippen molar-refractivity contribution in [2.45, 2.75) is 17.9 Å². The maximum absolute atomic E-state index is 13.2. The van der Waals surface area contributed by atoms with Crippen LogP contribution in [0.15, 0.2) is 83.8 Å². The third-order valence-corrected chi connectivity index (χ3v) is 7.18. The Morgan fingerprint density at radius 1 is 0.912 bits per heavy atom. The average molecular weight is 475 g/mol. The van der Waals surface area contributed by atoms with Gasteiger partial charge in [0, 0.05) is 44.0 Å². The van der Waals surface area contributed by atoms with Crippen LogP contribution in [0, 0.1) is 11.3 Å². The number of carbonyl (C=O) groups is 1. The highest BCUT2D eigenvalue weighted by Gasteiger charge is 2.21. The van der Waals surface area contributed by atoms with Crippen molar-refractivity contribution >= 4 is 21.6 Å². The van der Waals surface area contributed by atoms with Crippen LogP contribution in [0.1, 0.15) is 27.9 Å². The number of amides is 1. The smallest absolute Gasteiger partial charge is 0.261 e. The molecule has 4 rings (SSSR count). The van der Waals surface area contributed by atoms with Gasteiger partial charge < -0.3 is 4.90 Å². The molecule has 0 bridgehead atoms.